The first-order valence-corrected chi connectivity index (χ1v) is 6.47. The highest BCUT2D eigenvalue weighted by molar-refractivity contribution is 5.47. The van der Waals surface area contributed by atoms with Crippen LogP contribution in [0.1, 0.15) is 18.9 Å². The predicted octanol–water partition coefficient (Wildman–Crippen LogP) is 1.73. The van der Waals surface area contributed by atoms with Gasteiger partial charge in [-0.05, 0) is 19.4 Å². The summed E-state index contributed by atoms with van der Waals surface area (Å²) in [6, 6.07) is 6.05. The van der Waals surface area contributed by atoms with E-state index in [2.05, 4.69) is 18.3 Å². The van der Waals surface area contributed by atoms with Crippen molar-refractivity contribution in [3.63, 3.8) is 0 Å². The molecule has 18 heavy (non-hydrogen) atoms. The Morgan fingerprint density at radius 2 is 2.11 bits per heavy atom. The second-order valence-corrected chi connectivity index (χ2v) is 5.16. The molecule has 98 valence electrons. The van der Waals surface area contributed by atoms with E-state index in [1.807, 2.05) is 12.1 Å². The molecule has 4 heteroatoms. The molecule has 3 rings (SSSR count). The Balaban J connectivity index is 1.72. The van der Waals surface area contributed by atoms with Gasteiger partial charge in [-0.1, -0.05) is 12.1 Å². The van der Waals surface area contributed by atoms with Crippen molar-refractivity contribution in [3.05, 3.63) is 23.8 Å². The molecule has 0 amide bonds. The summed E-state index contributed by atoms with van der Waals surface area (Å²) in [4.78, 5) is 0. The third kappa shape index (κ3) is 2.31. The summed E-state index contributed by atoms with van der Waals surface area (Å²) in [6.07, 6.45) is 1.05. The molecule has 2 heterocycles. The van der Waals surface area contributed by atoms with Gasteiger partial charge in [0.25, 0.3) is 0 Å². The Labute approximate surface area is 107 Å². The van der Waals surface area contributed by atoms with Gasteiger partial charge < -0.3 is 19.5 Å². The fourth-order valence-corrected chi connectivity index (χ4v) is 2.39. The van der Waals surface area contributed by atoms with Crippen molar-refractivity contribution in [1.29, 1.82) is 0 Å². The second kappa shape index (κ2) is 4.78. The fraction of sp³-hybridized carbons (Fsp3) is 0.571. The van der Waals surface area contributed by atoms with Gasteiger partial charge in [-0.25, -0.2) is 0 Å². The van der Waals surface area contributed by atoms with Gasteiger partial charge in [0.05, 0.1) is 6.61 Å². The Kier molecular flexibility index (Phi) is 3.14. The van der Waals surface area contributed by atoms with Crippen LogP contribution in [0.25, 0.3) is 0 Å². The maximum atomic E-state index is 5.71. The summed E-state index contributed by atoms with van der Waals surface area (Å²) in [6.45, 7) is 5.87. The second-order valence-electron chi connectivity index (χ2n) is 5.16. The van der Waals surface area contributed by atoms with Crippen molar-refractivity contribution in [3.8, 4) is 11.5 Å². The summed E-state index contributed by atoms with van der Waals surface area (Å²) in [5, 5.41) is 3.56. The highest BCUT2D eigenvalue weighted by atomic mass is 16.6. The molecule has 0 saturated carbocycles. The van der Waals surface area contributed by atoms with Gasteiger partial charge in [0.2, 0.25) is 0 Å². The van der Waals surface area contributed by atoms with Crippen LogP contribution in [-0.2, 0) is 11.3 Å². The molecule has 2 aliphatic heterocycles. The molecule has 1 fully saturated rings. The maximum absolute atomic E-state index is 5.71. The molecule has 1 N–H and O–H groups in total. The van der Waals surface area contributed by atoms with Gasteiger partial charge in [0.15, 0.2) is 11.5 Å². The molecule has 1 aromatic carbocycles. The van der Waals surface area contributed by atoms with Crippen LogP contribution in [0, 0.1) is 0 Å². The first-order valence-electron chi connectivity index (χ1n) is 6.47. The number of hydrogen-bond donors (Lipinski definition) is 1. The summed E-state index contributed by atoms with van der Waals surface area (Å²) in [5.41, 5.74) is 1.23. The summed E-state index contributed by atoms with van der Waals surface area (Å²) in [5.74, 6) is 1.74. The van der Waals surface area contributed by atoms with Crippen LogP contribution in [0.3, 0.4) is 0 Å². The van der Waals surface area contributed by atoms with Crippen molar-refractivity contribution < 1.29 is 14.2 Å². The van der Waals surface area contributed by atoms with E-state index in [1.54, 1.807) is 0 Å². The quantitative estimate of drug-likeness (QED) is 0.885. The van der Waals surface area contributed by atoms with E-state index in [0.717, 1.165) is 43.2 Å². The minimum atomic E-state index is 0.0816. The Bertz CT molecular complexity index is 427. The summed E-state index contributed by atoms with van der Waals surface area (Å²) < 4.78 is 16.7. The lowest BCUT2D eigenvalue weighted by Crippen LogP contribution is -2.42. The molecule has 1 saturated heterocycles. The molecule has 1 unspecified atom stereocenters. The molecule has 0 aromatic heterocycles. The topological polar surface area (TPSA) is 39.7 Å². The molecular weight excluding hydrogens is 230 g/mol. The molecule has 4 nitrogen and oxygen atoms in total. The number of nitrogens with one attached hydrogen (secondary N) is 1. The maximum Gasteiger partial charge on any atom is 0.165 e. The first-order chi connectivity index (χ1) is 8.77. The molecule has 1 atom stereocenters. The Morgan fingerprint density at radius 3 is 2.94 bits per heavy atom. The minimum Gasteiger partial charge on any atom is -0.486 e. The van der Waals surface area contributed by atoms with Crippen LogP contribution >= 0.6 is 0 Å². The van der Waals surface area contributed by atoms with E-state index in [4.69, 9.17) is 14.2 Å². The Hall–Kier alpha value is -1.26. The third-order valence-corrected chi connectivity index (χ3v) is 3.57. The summed E-state index contributed by atoms with van der Waals surface area (Å²) in [7, 11) is 0. The minimum absolute atomic E-state index is 0.0816. The van der Waals surface area contributed by atoms with Gasteiger partial charge >= 0.3 is 0 Å². The first kappa shape index (κ1) is 11.8. The van der Waals surface area contributed by atoms with Crippen LogP contribution in [-0.4, -0.2) is 32.0 Å². The molecular formula is C14H19NO3. The summed E-state index contributed by atoms with van der Waals surface area (Å²) >= 11 is 0. The van der Waals surface area contributed by atoms with Gasteiger partial charge in [0.1, 0.15) is 13.2 Å². The average Bonchev–Trinajstić information content (AvgIpc) is 2.84. The molecule has 1 aromatic rings. The Morgan fingerprint density at radius 1 is 1.22 bits per heavy atom. The lowest BCUT2D eigenvalue weighted by atomic mass is 10.0. The molecule has 0 spiro atoms. The van der Waals surface area contributed by atoms with E-state index < -0.39 is 0 Å². The SMILES string of the molecule is CC1(NCc2cccc3c2OCCO3)CCOC1. The lowest BCUT2D eigenvalue weighted by molar-refractivity contribution is 0.165. The van der Waals surface area contributed by atoms with Crippen LogP contribution in [0.4, 0.5) is 0 Å². The zero-order valence-electron chi connectivity index (χ0n) is 10.7. The third-order valence-electron chi connectivity index (χ3n) is 3.57. The van der Waals surface area contributed by atoms with E-state index in [9.17, 15) is 0 Å². The van der Waals surface area contributed by atoms with E-state index in [-0.39, 0.29) is 5.54 Å². The van der Waals surface area contributed by atoms with E-state index in [0.29, 0.717) is 13.2 Å². The number of para-hydroxylation sites is 1. The van der Waals surface area contributed by atoms with Gasteiger partial charge in [-0.3, -0.25) is 0 Å². The normalized spacial score (nSPS) is 26.3. The number of rotatable bonds is 3. The smallest absolute Gasteiger partial charge is 0.165 e. The predicted molar refractivity (Wildman–Crippen MR) is 68.1 cm³/mol. The van der Waals surface area contributed by atoms with Crippen LogP contribution in [0.5, 0.6) is 11.5 Å². The fourth-order valence-electron chi connectivity index (χ4n) is 2.39. The standard InChI is InChI=1S/C14H19NO3/c1-14(5-6-16-10-14)15-9-11-3-2-4-12-13(11)18-8-7-17-12/h2-4,15H,5-10H2,1H3. The van der Waals surface area contributed by atoms with Crippen molar-refractivity contribution in [2.24, 2.45) is 0 Å². The largest absolute Gasteiger partial charge is 0.486 e. The molecule has 0 radical (unpaired) electrons. The number of benzene rings is 1. The number of hydrogen-bond acceptors (Lipinski definition) is 4. The van der Waals surface area contributed by atoms with E-state index in [1.165, 1.54) is 0 Å². The van der Waals surface area contributed by atoms with E-state index >= 15 is 0 Å². The highest BCUT2D eigenvalue weighted by Crippen LogP contribution is 2.34. The highest BCUT2D eigenvalue weighted by Gasteiger charge is 2.29. The van der Waals surface area contributed by atoms with Crippen LogP contribution in [0.15, 0.2) is 18.2 Å². The van der Waals surface area contributed by atoms with Crippen molar-refractivity contribution in [2.45, 2.75) is 25.4 Å². The van der Waals surface area contributed by atoms with Gasteiger partial charge in [-0.2, -0.15) is 0 Å². The van der Waals surface area contributed by atoms with Crippen LogP contribution in [0.2, 0.25) is 0 Å². The number of fused-ring (bicyclic) bond motifs is 1. The zero-order chi connectivity index (χ0) is 12.4. The van der Waals surface area contributed by atoms with Crippen molar-refractivity contribution in [2.75, 3.05) is 26.4 Å². The van der Waals surface area contributed by atoms with Crippen molar-refractivity contribution >= 4 is 0 Å². The number of ether oxygens (including phenoxy) is 3. The lowest BCUT2D eigenvalue weighted by Gasteiger charge is -2.26. The van der Waals surface area contributed by atoms with Gasteiger partial charge in [0, 0.05) is 24.3 Å². The average molecular weight is 249 g/mol. The van der Waals surface area contributed by atoms with Crippen molar-refractivity contribution in [1.82, 2.24) is 5.32 Å². The zero-order valence-corrected chi connectivity index (χ0v) is 10.7. The van der Waals surface area contributed by atoms with Crippen LogP contribution < -0.4 is 14.8 Å². The van der Waals surface area contributed by atoms with Gasteiger partial charge in [-0.15, -0.1) is 0 Å². The monoisotopic (exact) mass is 249 g/mol. The molecule has 2 aliphatic rings. The molecule has 0 bridgehead atoms. The molecule has 0 aliphatic carbocycles.